The number of hydrogen-bond acceptors (Lipinski definition) is 5. The van der Waals surface area contributed by atoms with E-state index in [4.69, 9.17) is 4.74 Å². The Balaban J connectivity index is 1.44. The number of carbonyl (C=O) groups excluding carboxylic acids is 1. The number of amides is 1. The van der Waals surface area contributed by atoms with E-state index in [-0.39, 0.29) is 11.9 Å². The lowest BCUT2D eigenvalue weighted by Gasteiger charge is -2.27. The Morgan fingerprint density at radius 2 is 2.00 bits per heavy atom. The van der Waals surface area contributed by atoms with Crippen molar-refractivity contribution in [1.82, 2.24) is 25.6 Å². The van der Waals surface area contributed by atoms with E-state index in [1.807, 2.05) is 49.4 Å². The van der Waals surface area contributed by atoms with Crippen LogP contribution in [0.15, 0.2) is 48.5 Å². The van der Waals surface area contributed by atoms with Gasteiger partial charge in [0.15, 0.2) is 5.69 Å². The van der Waals surface area contributed by atoms with E-state index in [0.29, 0.717) is 18.0 Å². The molecule has 2 aromatic carbocycles. The summed E-state index contributed by atoms with van der Waals surface area (Å²) < 4.78 is 6.01. The predicted octanol–water partition coefficient (Wildman–Crippen LogP) is 2.85. The second-order valence-corrected chi connectivity index (χ2v) is 7.77. The summed E-state index contributed by atoms with van der Waals surface area (Å²) in [5.74, 6) is 0.735. The normalized spacial score (nSPS) is 15.4. The molecule has 2 N–H and O–H groups in total. The second kappa shape index (κ2) is 9.75. The molecular weight excluding hydrogens is 390 g/mol. The predicted molar refractivity (Wildman–Crippen MR) is 120 cm³/mol. The van der Waals surface area contributed by atoms with E-state index in [9.17, 15) is 4.79 Å². The van der Waals surface area contributed by atoms with Gasteiger partial charge < -0.3 is 15.4 Å². The second-order valence-electron chi connectivity index (χ2n) is 7.77. The summed E-state index contributed by atoms with van der Waals surface area (Å²) in [5.41, 5.74) is 4.31. The fourth-order valence-corrected chi connectivity index (χ4v) is 3.94. The summed E-state index contributed by atoms with van der Waals surface area (Å²) in [6.07, 6.45) is 2.57. The molecule has 0 fully saturated rings. The van der Waals surface area contributed by atoms with E-state index in [1.54, 1.807) is 0 Å². The monoisotopic (exact) mass is 419 g/mol. The Kier molecular flexibility index (Phi) is 6.62. The third-order valence-electron chi connectivity index (χ3n) is 5.55. The first-order chi connectivity index (χ1) is 15.2. The summed E-state index contributed by atoms with van der Waals surface area (Å²) in [4.78, 5) is 14.5. The number of para-hydroxylation sites is 1. The highest BCUT2D eigenvalue weighted by Gasteiger charge is 2.25. The average Bonchev–Trinajstić information content (AvgIpc) is 3.19. The molecule has 1 atom stereocenters. The zero-order chi connectivity index (χ0) is 21.6. The molecule has 4 rings (SSSR count). The molecule has 1 amide bonds. The van der Waals surface area contributed by atoms with Gasteiger partial charge in [-0.2, -0.15) is 9.90 Å². The summed E-state index contributed by atoms with van der Waals surface area (Å²) in [7, 11) is 0. The summed E-state index contributed by atoms with van der Waals surface area (Å²) in [5, 5.41) is 15.3. The molecule has 1 aliphatic rings. The minimum absolute atomic E-state index is 0.0415. The maximum Gasteiger partial charge on any atom is 0.273 e. The number of aryl methyl sites for hydroxylation is 2. The third kappa shape index (κ3) is 4.94. The van der Waals surface area contributed by atoms with Crippen LogP contribution >= 0.6 is 0 Å². The molecule has 0 spiro atoms. The van der Waals surface area contributed by atoms with Gasteiger partial charge in [0.2, 0.25) is 0 Å². The SMILES string of the molecule is CCNCCOc1cccc2c1C[C@H](NC(=O)c1nn(-c3ccccc3)nc1C)CC2. The van der Waals surface area contributed by atoms with Gasteiger partial charge in [-0.3, -0.25) is 4.79 Å². The number of ether oxygens (including phenoxy) is 1. The zero-order valence-electron chi connectivity index (χ0n) is 18.1. The van der Waals surface area contributed by atoms with E-state index >= 15 is 0 Å². The fraction of sp³-hybridized carbons (Fsp3) is 0.375. The van der Waals surface area contributed by atoms with E-state index < -0.39 is 0 Å². The van der Waals surface area contributed by atoms with E-state index in [2.05, 4.69) is 33.8 Å². The van der Waals surface area contributed by atoms with Gasteiger partial charge in [0.1, 0.15) is 12.4 Å². The zero-order valence-corrected chi connectivity index (χ0v) is 18.1. The van der Waals surface area contributed by atoms with Gasteiger partial charge in [0, 0.05) is 12.6 Å². The van der Waals surface area contributed by atoms with Crippen LogP contribution in [0, 0.1) is 6.92 Å². The number of nitrogens with zero attached hydrogens (tertiary/aromatic N) is 3. The number of nitrogens with one attached hydrogen (secondary N) is 2. The smallest absolute Gasteiger partial charge is 0.273 e. The van der Waals surface area contributed by atoms with Crippen molar-refractivity contribution < 1.29 is 9.53 Å². The summed E-state index contributed by atoms with van der Waals surface area (Å²) in [6, 6.07) is 15.9. The van der Waals surface area contributed by atoms with Gasteiger partial charge in [-0.1, -0.05) is 37.3 Å². The Bertz CT molecular complexity index is 1030. The van der Waals surface area contributed by atoms with Crippen LogP contribution in [-0.4, -0.2) is 46.6 Å². The first kappa shape index (κ1) is 21.1. The molecule has 0 saturated carbocycles. The van der Waals surface area contributed by atoms with Crippen LogP contribution < -0.4 is 15.4 Å². The molecule has 1 aromatic heterocycles. The highest BCUT2D eigenvalue weighted by molar-refractivity contribution is 5.93. The Hall–Kier alpha value is -3.19. The van der Waals surface area contributed by atoms with Crippen LogP contribution in [0.5, 0.6) is 5.75 Å². The highest BCUT2D eigenvalue weighted by atomic mass is 16.5. The molecule has 162 valence electrons. The Morgan fingerprint density at radius 1 is 1.16 bits per heavy atom. The lowest BCUT2D eigenvalue weighted by Crippen LogP contribution is -2.39. The van der Waals surface area contributed by atoms with Crippen molar-refractivity contribution in [2.45, 2.75) is 39.2 Å². The summed E-state index contributed by atoms with van der Waals surface area (Å²) in [6.45, 7) is 6.27. The molecular formula is C24H29N5O2. The summed E-state index contributed by atoms with van der Waals surface area (Å²) >= 11 is 0. The van der Waals surface area contributed by atoms with Gasteiger partial charge in [-0.25, -0.2) is 0 Å². The van der Waals surface area contributed by atoms with Gasteiger partial charge in [0.25, 0.3) is 5.91 Å². The maximum atomic E-state index is 13.0. The van der Waals surface area contributed by atoms with Gasteiger partial charge in [0.05, 0.1) is 11.4 Å². The van der Waals surface area contributed by atoms with Crippen LogP contribution in [-0.2, 0) is 12.8 Å². The van der Waals surface area contributed by atoms with Crippen LogP contribution in [0.3, 0.4) is 0 Å². The Labute approximate surface area is 182 Å². The number of fused-ring (bicyclic) bond motifs is 1. The quantitative estimate of drug-likeness (QED) is 0.549. The highest BCUT2D eigenvalue weighted by Crippen LogP contribution is 2.30. The molecule has 3 aromatic rings. The molecule has 0 saturated heterocycles. The van der Waals surface area contributed by atoms with Crippen LogP contribution in [0.1, 0.15) is 40.7 Å². The molecule has 1 aliphatic carbocycles. The third-order valence-corrected chi connectivity index (χ3v) is 5.55. The van der Waals surface area contributed by atoms with Crippen molar-refractivity contribution >= 4 is 5.91 Å². The average molecular weight is 420 g/mol. The Morgan fingerprint density at radius 3 is 2.81 bits per heavy atom. The standard InChI is InChI=1S/C24H29N5O2/c1-3-25-14-15-31-22-11-7-8-18-12-13-19(16-21(18)22)26-24(30)23-17(2)27-29(28-23)20-9-5-4-6-10-20/h4-11,19,25H,3,12-16H2,1-2H3,(H,26,30)/t19-/m1/s1. The number of likely N-dealkylation sites (N-methyl/N-ethyl adjacent to an activating group) is 1. The largest absolute Gasteiger partial charge is 0.492 e. The molecule has 0 aliphatic heterocycles. The lowest BCUT2D eigenvalue weighted by atomic mass is 9.87. The van der Waals surface area contributed by atoms with Crippen molar-refractivity contribution in [2.75, 3.05) is 19.7 Å². The van der Waals surface area contributed by atoms with E-state index in [0.717, 1.165) is 43.8 Å². The van der Waals surface area contributed by atoms with Gasteiger partial charge >= 0.3 is 0 Å². The number of aromatic nitrogens is 3. The topological polar surface area (TPSA) is 81.1 Å². The minimum Gasteiger partial charge on any atom is -0.492 e. The number of rotatable bonds is 8. The van der Waals surface area contributed by atoms with Crippen molar-refractivity contribution in [3.63, 3.8) is 0 Å². The lowest BCUT2D eigenvalue weighted by molar-refractivity contribution is 0.0927. The maximum absolute atomic E-state index is 13.0. The van der Waals surface area contributed by atoms with Crippen molar-refractivity contribution in [3.05, 3.63) is 71.0 Å². The minimum atomic E-state index is -0.182. The first-order valence-electron chi connectivity index (χ1n) is 10.9. The number of benzene rings is 2. The van der Waals surface area contributed by atoms with Crippen LogP contribution in [0.4, 0.5) is 0 Å². The molecule has 7 nitrogen and oxygen atoms in total. The molecule has 31 heavy (non-hydrogen) atoms. The van der Waals surface area contributed by atoms with Crippen molar-refractivity contribution in [3.8, 4) is 11.4 Å². The molecule has 0 radical (unpaired) electrons. The number of hydrogen-bond donors (Lipinski definition) is 2. The molecule has 1 heterocycles. The van der Waals surface area contributed by atoms with Crippen molar-refractivity contribution in [2.24, 2.45) is 0 Å². The van der Waals surface area contributed by atoms with Crippen molar-refractivity contribution in [1.29, 1.82) is 0 Å². The van der Waals surface area contributed by atoms with Crippen LogP contribution in [0.2, 0.25) is 0 Å². The first-order valence-corrected chi connectivity index (χ1v) is 10.9. The van der Waals surface area contributed by atoms with E-state index in [1.165, 1.54) is 15.9 Å². The fourth-order valence-electron chi connectivity index (χ4n) is 3.94. The van der Waals surface area contributed by atoms with Crippen LogP contribution in [0.25, 0.3) is 5.69 Å². The van der Waals surface area contributed by atoms with Gasteiger partial charge in [-0.05, 0) is 62.1 Å². The molecule has 0 bridgehead atoms. The molecule has 7 heteroatoms. The number of carbonyl (C=O) groups is 1. The molecule has 0 unspecified atom stereocenters. The van der Waals surface area contributed by atoms with Gasteiger partial charge in [-0.15, -0.1) is 5.10 Å².